The van der Waals surface area contributed by atoms with Crippen LogP contribution in [0.15, 0.2) is 0 Å². The number of methoxy groups -OCH3 is 2. The zero-order valence-corrected chi connectivity index (χ0v) is 18.0. The zero-order valence-electron chi connectivity index (χ0n) is 17.0. The first-order chi connectivity index (χ1) is 11.6. The fraction of sp³-hybridized carbons (Fsp3) is 0.889. The minimum Gasteiger partial charge on any atom is -0.467 e. The van der Waals surface area contributed by atoms with Crippen LogP contribution in [0.25, 0.3) is 0 Å². The van der Waals surface area contributed by atoms with Crippen molar-refractivity contribution in [2.75, 3.05) is 20.8 Å². The van der Waals surface area contributed by atoms with Gasteiger partial charge in [0, 0.05) is 19.1 Å². The lowest BCUT2D eigenvalue weighted by molar-refractivity contribution is -0.149. The predicted octanol–water partition coefficient (Wildman–Crippen LogP) is 3.95. The van der Waals surface area contributed by atoms with Gasteiger partial charge < -0.3 is 13.9 Å². The molecule has 1 amide bonds. The van der Waals surface area contributed by atoms with Crippen molar-refractivity contribution < 1.29 is 23.5 Å². The van der Waals surface area contributed by atoms with Crippen LogP contribution in [0.3, 0.4) is 0 Å². The molecule has 0 N–H and O–H groups in total. The number of likely N-dealkylation sites (tertiary alicyclic amines) is 1. The summed E-state index contributed by atoms with van der Waals surface area (Å²) in [4.78, 5) is 25.6. The van der Waals surface area contributed by atoms with Crippen LogP contribution in [-0.2, 0) is 18.7 Å². The van der Waals surface area contributed by atoms with Crippen LogP contribution in [-0.4, -0.2) is 58.2 Å². The molecule has 146 valence electrons. The molecule has 1 saturated heterocycles. The van der Waals surface area contributed by atoms with Gasteiger partial charge in [0.25, 0.3) is 0 Å². The van der Waals surface area contributed by atoms with Crippen LogP contribution in [0.4, 0.5) is 4.79 Å². The first-order valence-electron chi connectivity index (χ1n) is 9.21. The fourth-order valence-corrected chi connectivity index (χ4v) is 10.0. The van der Waals surface area contributed by atoms with Crippen molar-refractivity contribution in [3.05, 3.63) is 0 Å². The molecule has 1 heterocycles. The molecule has 0 bridgehead atoms. The molecule has 2 atom stereocenters. The van der Waals surface area contributed by atoms with Gasteiger partial charge in [-0.3, -0.25) is 4.90 Å². The van der Waals surface area contributed by atoms with Gasteiger partial charge in [-0.15, -0.1) is 0 Å². The van der Waals surface area contributed by atoms with Crippen molar-refractivity contribution in [1.82, 2.24) is 4.90 Å². The zero-order chi connectivity index (χ0) is 19.4. The van der Waals surface area contributed by atoms with E-state index in [1.54, 1.807) is 0 Å². The average Bonchev–Trinajstić information content (AvgIpc) is 2.56. The summed E-state index contributed by atoms with van der Waals surface area (Å²) in [5, 5.41) is 0. The molecule has 0 aromatic heterocycles. The van der Waals surface area contributed by atoms with E-state index < -0.39 is 26.4 Å². The van der Waals surface area contributed by atoms with Gasteiger partial charge in [0.2, 0.25) is 8.32 Å². The van der Waals surface area contributed by atoms with Crippen molar-refractivity contribution in [2.24, 2.45) is 0 Å². The van der Waals surface area contributed by atoms with Gasteiger partial charge in [-0.05, 0) is 23.0 Å². The largest absolute Gasteiger partial charge is 0.467 e. The van der Waals surface area contributed by atoms with E-state index in [4.69, 9.17) is 13.9 Å². The molecule has 1 aliphatic heterocycles. The van der Waals surface area contributed by atoms with Gasteiger partial charge >= 0.3 is 12.1 Å². The van der Waals surface area contributed by atoms with Crippen molar-refractivity contribution in [3.8, 4) is 0 Å². The van der Waals surface area contributed by atoms with Crippen molar-refractivity contribution in [3.63, 3.8) is 0 Å². The maximum Gasteiger partial charge on any atom is 0.410 e. The molecule has 0 aromatic rings. The molecule has 25 heavy (non-hydrogen) atoms. The van der Waals surface area contributed by atoms with Gasteiger partial charge in [0.15, 0.2) is 0 Å². The van der Waals surface area contributed by atoms with E-state index in [1.165, 1.54) is 19.1 Å². The highest BCUT2D eigenvalue weighted by molar-refractivity contribution is 6.77. The molecule has 0 unspecified atom stereocenters. The Balaban J connectivity index is 3.03. The Hall–Kier alpha value is -1.08. The van der Waals surface area contributed by atoms with Crippen LogP contribution < -0.4 is 0 Å². The van der Waals surface area contributed by atoms with E-state index in [-0.39, 0.29) is 6.10 Å². The van der Waals surface area contributed by atoms with Crippen LogP contribution in [0.1, 0.15) is 54.4 Å². The molecule has 1 aliphatic rings. The molecule has 1 fully saturated rings. The summed E-state index contributed by atoms with van der Waals surface area (Å²) in [6, 6.07) is -0.644. The van der Waals surface area contributed by atoms with E-state index in [2.05, 4.69) is 41.5 Å². The van der Waals surface area contributed by atoms with E-state index >= 15 is 0 Å². The number of carbonyl (C=O) groups is 2. The molecular formula is C18H35NO5Si. The third-order valence-corrected chi connectivity index (χ3v) is 11.7. The second kappa shape index (κ2) is 9.03. The average molecular weight is 374 g/mol. The molecular weight excluding hydrogens is 338 g/mol. The first-order valence-corrected chi connectivity index (χ1v) is 11.4. The lowest BCUT2D eigenvalue weighted by Gasteiger charge is -2.47. The summed E-state index contributed by atoms with van der Waals surface area (Å²) in [6.07, 6.45) is 0.643. The fourth-order valence-electron chi connectivity index (χ4n) is 4.43. The highest BCUT2D eigenvalue weighted by atomic mass is 28.4. The normalized spacial score (nSPS) is 21.8. The lowest BCUT2D eigenvalue weighted by atomic mass is 10.00. The second-order valence-electron chi connectivity index (χ2n) is 7.78. The summed E-state index contributed by atoms with van der Waals surface area (Å²) >= 11 is 0. The standard InChI is InChI=1S/C18H35NO5Si/c1-12(2)25(13(3)4,14(5)6)24-15-9-10-19(18(21)23-8)16(11-15)17(20)22-7/h12-16H,9-11H2,1-8H3/t15-,16+/m0/s1. The maximum atomic E-state index is 12.2. The van der Waals surface area contributed by atoms with Gasteiger partial charge in [-0.2, -0.15) is 0 Å². The number of carbonyl (C=O) groups excluding carboxylic acids is 2. The minimum absolute atomic E-state index is 0.0381. The van der Waals surface area contributed by atoms with E-state index in [0.717, 1.165) is 0 Å². The minimum atomic E-state index is -2.03. The lowest BCUT2D eigenvalue weighted by Crippen LogP contribution is -2.56. The monoisotopic (exact) mass is 373 g/mol. The summed E-state index contributed by atoms with van der Waals surface area (Å²) in [5.41, 5.74) is 1.42. The Morgan fingerprint density at radius 3 is 1.88 bits per heavy atom. The molecule has 0 radical (unpaired) electrons. The molecule has 0 spiro atoms. The van der Waals surface area contributed by atoms with Crippen molar-refractivity contribution in [1.29, 1.82) is 0 Å². The highest BCUT2D eigenvalue weighted by Gasteiger charge is 2.48. The van der Waals surface area contributed by atoms with Crippen LogP contribution in [0, 0.1) is 0 Å². The number of esters is 1. The van der Waals surface area contributed by atoms with Gasteiger partial charge in [-0.1, -0.05) is 41.5 Å². The molecule has 0 aromatic carbocycles. The van der Waals surface area contributed by atoms with Crippen LogP contribution >= 0.6 is 0 Å². The number of hydrogen-bond donors (Lipinski definition) is 0. The second-order valence-corrected chi connectivity index (χ2v) is 13.2. The summed E-state index contributed by atoms with van der Waals surface area (Å²) < 4.78 is 16.5. The smallest absolute Gasteiger partial charge is 0.410 e. The number of hydrogen-bond acceptors (Lipinski definition) is 5. The van der Waals surface area contributed by atoms with Crippen LogP contribution in [0.2, 0.25) is 16.6 Å². The number of ether oxygens (including phenoxy) is 2. The number of rotatable bonds is 6. The van der Waals surface area contributed by atoms with Gasteiger partial charge in [0.1, 0.15) is 6.04 Å². The summed E-state index contributed by atoms with van der Waals surface area (Å²) in [7, 11) is 0.638. The van der Waals surface area contributed by atoms with E-state index in [1.807, 2.05) is 0 Å². The molecule has 1 rings (SSSR count). The topological polar surface area (TPSA) is 65.1 Å². The third kappa shape index (κ3) is 4.56. The van der Waals surface area contributed by atoms with Gasteiger partial charge in [0.05, 0.1) is 14.2 Å². The SMILES string of the molecule is COC(=O)[C@H]1C[C@@H](O[Si](C(C)C)(C(C)C)C(C)C)CCN1C(=O)OC. The Morgan fingerprint density at radius 2 is 1.48 bits per heavy atom. The Labute approximate surface area is 153 Å². The Kier molecular flexibility index (Phi) is 7.93. The Morgan fingerprint density at radius 1 is 0.960 bits per heavy atom. The van der Waals surface area contributed by atoms with Crippen LogP contribution in [0.5, 0.6) is 0 Å². The van der Waals surface area contributed by atoms with Crippen molar-refractivity contribution in [2.45, 2.75) is 83.2 Å². The summed E-state index contributed by atoms with van der Waals surface area (Å²) in [6.45, 7) is 13.9. The quantitative estimate of drug-likeness (QED) is 0.521. The van der Waals surface area contributed by atoms with Crippen molar-refractivity contribution >= 4 is 20.4 Å². The number of amides is 1. The van der Waals surface area contributed by atoms with Gasteiger partial charge in [-0.25, -0.2) is 9.59 Å². The van der Waals surface area contributed by atoms with E-state index in [9.17, 15) is 9.59 Å². The third-order valence-electron chi connectivity index (χ3n) is 5.51. The summed E-state index contributed by atoms with van der Waals surface area (Å²) in [5.74, 6) is -0.412. The molecule has 7 heteroatoms. The molecule has 6 nitrogen and oxygen atoms in total. The number of piperidine rings is 1. The molecule has 0 saturated carbocycles. The van der Waals surface area contributed by atoms with E-state index in [0.29, 0.717) is 36.0 Å². The predicted molar refractivity (Wildman–Crippen MR) is 100 cm³/mol. The number of nitrogens with zero attached hydrogens (tertiary/aromatic N) is 1. The Bertz CT molecular complexity index is 445. The maximum absolute atomic E-state index is 12.2. The first kappa shape index (κ1) is 22.0. The highest BCUT2D eigenvalue weighted by Crippen LogP contribution is 2.44. The molecule has 0 aliphatic carbocycles.